The van der Waals surface area contributed by atoms with Crippen LogP contribution in [0.25, 0.3) is 0 Å². The number of likely N-dealkylation sites (tertiary alicyclic amines) is 1. The highest BCUT2D eigenvalue weighted by molar-refractivity contribution is 5.80. The van der Waals surface area contributed by atoms with E-state index in [9.17, 15) is 18.4 Å². The lowest BCUT2D eigenvalue weighted by atomic mass is 10.1. The Morgan fingerprint density at radius 2 is 2.06 bits per heavy atom. The molecule has 1 aliphatic rings. The van der Waals surface area contributed by atoms with E-state index in [0.29, 0.717) is 0 Å². The van der Waals surface area contributed by atoms with Crippen LogP contribution >= 0.6 is 0 Å². The number of hydrogen-bond acceptors (Lipinski definition) is 3. The molecule has 0 aliphatic carbocycles. The van der Waals surface area contributed by atoms with Gasteiger partial charge in [-0.2, -0.15) is 8.78 Å². The maximum atomic E-state index is 11.7. The van der Waals surface area contributed by atoms with Gasteiger partial charge in [-0.1, -0.05) is 0 Å². The standard InChI is InChI=1S/C8H11F2NO5/c9-7(10)16-3-4-1-5(6(12)13)11(2-4)8(14)15/h4-5,7H,1-3H2,(H,12,13)(H,14,15). The van der Waals surface area contributed by atoms with Crippen LogP contribution in [0.5, 0.6) is 0 Å². The second-order valence-electron chi connectivity index (χ2n) is 3.48. The fourth-order valence-corrected chi connectivity index (χ4v) is 1.70. The number of aliphatic carboxylic acids is 1. The number of hydrogen-bond donors (Lipinski definition) is 2. The van der Waals surface area contributed by atoms with E-state index in [2.05, 4.69) is 4.74 Å². The van der Waals surface area contributed by atoms with E-state index in [1.807, 2.05) is 0 Å². The molecule has 0 radical (unpaired) electrons. The Morgan fingerprint density at radius 3 is 2.44 bits per heavy atom. The van der Waals surface area contributed by atoms with Crippen LogP contribution in [0, 0.1) is 5.92 Å². The molecule has 16 heavy (non-hydrogen) atoms. The highest BCUT2D eigenvalue weighted by Gasteiger charge is 2.39. The normalized spacial score (nSPS) is 25.1. The minimum atomic E-state index is -2.93. The zero-order valence-electron chi connectivity index (χ0n) is 8.18. The SMILES string of the molecule is O=C(O)C1CC(COC(F)F)CN1C(=O)O. The largest absolute Gasteiger partial charge is 0.480 e. The molecule has 92 valence electrons. The van der Waals surface area contributed by atoms with Crippen LogP contribution in [0.2, 0.25) is 0 Å². The number of carboxylic acid groups (broad SMARTS) is 2. The minimum absolute atomic E-state index is 0.00560. The third-order valence-electron chi connectivity index (χ3n) is 2.38. The summed E-state index contributed by atoms with van der Waals surface area (Å²) in [7, 11) is 0. The molecule has 1 aliphatic heterocycles. The lowest BCUT2D eigenvalue weighted by molar-refractivity contribution is -0.141. The molecule has 6 nitrogen and oxygen atoms in total. The average molecular weight is 239 g/mol. The molecule has 2 N–H and O–H groups in total. The van der Waals surface area contributed by atoms with Crippen LogP contribution < -0.4 is 0 Å². The van der Waals surface area contributed by atoms with Gasteiger partial charge in [-0.3, -0.25) is 4.90 Å². The molecule has 1 heterocycles. The third-order valence-corrected chi connectivity index (χ3v) is 2.38. The molecule has 0 saturated carbocycles. The van der Waals surface area contributed by atoms with Gasteiger partial charge in [0.05, 0.1) is 6.61 Å². The van der Waals surface area contributed by atoms with Gasteiger partial charge in [0.2, 0.25) is 0 Å². The predicted octanol–water partition coefficient (Wildman–Crippen LogP) is 0.679. The lowest BCUT2D eigenvalue weighted by Crippen LogP contribution is -2.39. The van der Waals surface area contributed by atoms with Crippen molar-refractivity contribution >= 4 is 12.1 Å². The maximum Gasteiger partial charge on any atom is 0.408 e. The molecule has 8 heteroatoms. The van der Waals surface area contributed by atoms with Gasteiger partial charge in [-0.05, 0) is 6.42 Å². The summed E-state index contributed by atoms with van der Waals surface area (Å²) in [5, 5.41) is 17.4. The zero-order valence-corrected chi connectivity index (χ0v) is 8.18. The molecule has 0 aromatic rings. The first-order valence-corrected chi connectivity index (χ1v) is 4.54. The summed E-state index contributed by atoms with van der Waals surface area (Å²) in [5.41, 5.74) is 0. The molecular formula is C8H11F2NO5. The summed E-state index contributed by atoms with van der Waals surface area (Å²) >= 11 is 0. The highest BCUT2D eigenvalue weighted by Crippen LogP contribution is 2.24. The van der Waals surface area contributed by atoms with Crippen molar-refractivity contribution in [2.75, 3.05) is 13.2 Å². The molecule has 0 aromatic carbocycles. The molecule has 0 aromatic heterocycles. The van der Waals surface area contributed by atoms with Crippen LogP contribution in [0.3, 0.4) is 0 Å². The molecule has 1 fully saturated rings. The van der Waals surface area contributed by atoms with E-state index in [1.165, 1.54) is 0 Å². The molecule has 2 atom stereocenters. The monoisotopic (exact) mass is 239 g/mol. The molecular weight excluding hydrogens is 228 g/mol. The van der Waals surface area contributed by atoms with E-state index in [-0.39, 0.29) is 19.6 Å². The van der Waals surface area contributed by atoms with Crippen molar-refractivity contribution in [1.82, 2.24) is 4.90 Å². The number of alkyl halides is 2. The van der Waals surface area contributed by atoms with Gasteiger partial charge in [0.25, 0.3) is 0 Å². The number of amides is 1. The molecule has 1 saturated heterocycles. The van der Waals surface area contributed by atoms with E-state index < -0.39 is 30.6 Å². The Balaban J connectivity index is 2.55. The number of carboxylic acids is 1. The average Bonchev–Trinajstić information content (AvgIpc) is 2.58. The summed E-state index contributed by atoms with van der Waals surface area (Å²) in [5.74, 6) is -1.78. The van der Waals surface area contributed by atoms with Gasteiger partial charge in [-0.15, -0.1) is 0 Å². The Kier molecular flexibility index (Phi) is 3.99. The fraction of sp³-hybridized carbons (Fsp3) is 0.750. The van der Waals surface area contributed by atoms with Gasteiger partial charge >= 0.3 is 18.7 Å². The number of nitrogens with zero attached hydrogens (tertiary/aromatic N) is 1. The van der Waals surface area contributed by atoms with E-state index >= 15 is 0 Å². The fourth-order valence-electron chi connectivity index (χ4n) is 1.70. The third kappa shape index (κ3) is 3.02. The Hall–Kier alpha value is -1.44. The maximum absolute atomic E-state index is 11.7. The first-order valence-electron chi connectivity index (χ1n) is 4.54. The summed E-state index contributed by atoms with van der Waals surface area (Å²) < 4.78 is 27.5. The quantitative estimate of drug-likeness (QED) is 0.753. The van der Waals surface area contributed by atoms with Gasteiger partial charge in [-0.25, -0.2) is 9.59 Å². The number of carbonyl (C=O) groups is 2. The van der Waals surface area contributed by atoms with Crippen molar-refractivity contribution < 1.29 is 33.3 Å². The summed E-state index contributed by atoms with van der Waals surface area (Å²) in [6.45, 7) is -3.37. The van der Waals surface area contributed by atoms with Gasteiger partial charge < -0.3 is 14.9 Å². The molecule has 0 bridgehead atoms. The summed E-state index contributed by atoms with van der Waals surface area (Å²) in [6, 6.07) is -1.18. The number of rotatable bonds is 4. The summed E-state index contributed by atoms with van der Waals surface area (Å²) in [6.07, 6.45) is -1.37. The van der Waals surface area contributed by atoms with Crippen molar-refractivity contribution in [3.05, 3.63) is 0 Å². The second kappa shape index (κ2) is 5.06. The van der Waals surface area contributed by atoms with Crippen LogP contribution in [0.15, 0.2) is 0 Å². The molecule has 1 amide bonds. The van der Waals surface area contributed by atoms with E-state index in [0.717, 1.165) is 4.90 Å². The van der Waals surface area contributed by atoms with Crippen molar-refractivity contribution in [2.24, 2.45) is 5.92 Å². The molecule has 2 unspecified atom stereocenters. The first kappa shape index (κ1) is 12.6. The van der Waals surface area contributed by atoms with E-state index in [4.69, 9.17) is 10.2 Å². The number of ether oxygens (including phenoxy) is 1. The van der Waals surface area contributed by atoms with Crippen molar-refractivity contribution in [1.29, 1.82) is 0 Å². The van der Waals surface area contributed by atoms with Gasteiger partial charge in [0.15, 0.2) is 0 Å². The van der Waals surface area contributed by atoms with Crippen LogP contribution in [0.1, 0.15) is 6.42 Å². The number of halogens is 2. The van der Waals surface area contributed by atoms with Gasteiger partial charge in [0.1, 0.15) is 6.04 Å². The van der Waals surface area contributed by atoms with Crippen molar-refractivity contribution in [3.8, 4) is 0 Å². The van der Waals surface area contributed by atoms with Crippen molar-refractivity contribution in [3.63, 3.8) is 0 Å². The lowest BCUT2D eigenvalue weighted by Gasteiger charge is -2.16. The Labute approximate surface area is 89.4 Å². The van der Waals surface area contributed by atoms with Crippen LogP contribution in [0.4, 0.5) is 13.6 Å². The predicted molar refractivity (Wildman–Crippen MR) is 46.2 cm³/mol. The molecule has 0 spiro atoms. The molecule has 1 rings (SSSR count). The van der Waals surface area contributed by atoms with E-state index in [1.54, 1.807) is 0 Å². The van der Waals surface area contributed by atoms with Crippen molar-refractivity contribution in [2.45, 2.75) is 19.1 Å². The topological polar surface area (TPSA) is 87.1 Å². The highest BCUT2D eigenvalue weighted by atomic mass is 19.3. The van der Waals surface area contributed by atoms with Gasteiger partial charge in [0, 0.05) is 12.5 Å². The first-order chi connectivity index (χ1) is 7.41. The smallest absolute Gasteiger partial charge is 0.408 e. The Morgan fingerprint density at radius 1 is 1.44 bits per heavy atom. The van der Waals surface area contributed by atoms with Crippen LogP contribution in [-0.4, -0.2) is 53.0 Å². The summed E-state index contributed by atoms with van der Waals surface area (Å²) in [4.78, 5) is 22.1. The second-order valence-corrected chi connectivity index (χ2v) is 3.48. The Bertz CT molecular complexity index is 264. The zero-order chi connectivity index (χ0) is 12.3. The van der Waals surface area contributed by atoms with Crippen LogP contribution in [-0.2, 0) is 9.53 Å². The minimum Gasteiger partial charge on any atom is -0.480 e.